The number of ketones is 1. The van der Waals surface area contributed by atoms with Gasteiger partial charge in [-0.15, -0.1) is 0 Å². The normalized spacial score (nSPS) is 11.1. The first kappa shape index (κ1) is 11.8. The van der Waals surface area contributed by atoms with Gasteiger partial charge in [0.05, 0.1) is 0 Å². The number of rotatable bonds is 3. The summed E-state index contributed by atoms with van der Waals surface area (Å²) in [5, 5.41) is 1.21. The minimum Gasteiger partial charge on any atom is -0.458 e. The van der Waals surface area contributed by atoms with Crippen LogP contribution in [0.15, 0.2) is 40.8 Å². The van der Waals surface area contributed by atoms with Crippen molar-refractivity contribution >= 4 is 16.7 Å². The second kappa shape index (κ2) is 4.43. The van der Waals surface area contributed by atoms with Crippen molar-refractivity contribution in [3.05, 3.63) is 59.2 Å². The van der Waals surface area contributed by atoms with Crippen LogP contribution in [0.5, 0.6) is 0 Å². The van der Waals surface area contributed by atoms with E-state index in [-0.39, 0.29) is 5.78 Å². The fourth-order valence-electron chi connectivity index (χ4n) is 2.40. The number of para-hydroxylation sites is 1. The summed E-state index contributed by atoms with van der Waals surface area (Å²) >= 11 is 0. The van der Waals surface area contributed by atoms with Crippen LogP contribution in [0.2, 0.25) is 0 Å². The Kier molecular flexibility index (Phi) is 2.75. The van der Waals surface area contributed by atoms with Crippen LogP contribution in [0.4, 0.5) is 0 Å². The summed E-state index contributed by atoms with van der Waals surface area (Å²) in [6.07, 6.45) is 0.698. The Morgan fingerprint density at radius 2 is 2.00 bits per heavy atom. The minimum atomic E-state index is -0.0399. The zero-order valence-electron chi connectivity index (χ0n) is 11.0. The number of benzene rings is 1. The standard InChI is InChI=1S/C16H15NO2/c1-10-14(13-5-3-4-6-15(13)17-10)9-12-7-8-16(19-12)11(2)18/h3-8,17H,9H2,1-2H3. The third kappa shape index (κ3) is 2.08. The number of aryl methyl sites for hydroxylation is 1. The summed E-state index contributed by atoms with van der Waals surface area (Å²) in [4.78, 5) is 14.6. The Balaban J connectivity index is 2.00. The third-order valence-corrected chi connectivity index (χ3v) is 3.39. The third-order valence-electron chi connectivity index (χ3n) is 3.39. The van der Waals surface area contributed by atoms with Gasteiger partial charge in [-0.1, -0.05) is 18.2 Å². The minimum absolute atomic E-state index is 0.0399. The quantitative estimate of drug-likeness (QED) is 0.720. The number of Topliss-reactive ketones (excluding diaryl/α,β-unsaturated/α-hetero) is 1. The van der Waals surface area contributed by atoms with Crippen molar-refractivity contribution in [1.29, 1.82) is 0 Å². The van der Waals surface area contributed by atoms with Crippen molar-refractivity contribution < 1.29 is 9.21 Å². The van der Waals surface area contributed by atoms with Gasteiger partial charge in [-0.05, 0) is 30.7 Å². The predicted octanol–water partition coefficient (Wildman–Crippen LogP) is 3.86. The zero-order valence-corrected chi connectivity index (χ0v) is 11.0. The van der Waals surface area contributed by atoms with Crippen LogP contribution in [0.1, 0.15) is 34.5 Å². The molecule has 3 heteroatoms. The Labute approximate surface area is 111 Å². The lowest BCUT2D eigenvalue weighted by Crippen LogP contribution is -1.89. The molecular weight excluding hydrogens is 238 g/mol. The summed E-state index contributed by atoms with van der Waals surface area (Å²) in [7, 11) is 0. The van der Waals surface area contributed by atoms with Crippen LogP contribution < -0.4 is 0 Å². The van der Waals surface area contributed by atoms with Gasteiger partial charge in [0.2, 0.25) is 0 Å². The monoisotopic (exact) mass is 253 g/mol. The summed E-state index contributed by atoms with van der Waals surface area (Å²) in [5.41, 5.74) is 3.50. The molecule has 3 rings (SSSR count). The number of H-pyrrole nitrogens is 1. The molecule has 0 unspecified atom stereocenters. The van der Waals surface area contributed by atoms with Gasteiger partial charge < -0.3 is 9.40 Å². The number of carbonyl (C=O) groups excluding carboxylic acids is 1. The average Bonchev–Trinajstić information content (AvgIpc) is 2.96. The first-order valence-electron chi connectivity index (χ1n) is 6.31. The van der Waals surface area contributed by atoms with E-state index >= 15 is 0 Å². The number of aromatic nitrogens is 1. The second-order valence-corrected chi connectivity index (χ2v) is 4.77. The van der Waals surface area contributed by atoms with Gasteiger partial charge in [-0.25, -0.2) is 0 Å². The van der Waals surface area contributed by atoms with Gasteiger partial charge in [0.15, 0.2) is 11.5 Å². The van der Waals surface area contributed by atoms with E-state index in [1.807, 2.05) is 18.2 Å². The molecule has 0 saturated carbocycles. The van der Waals surface area contributed by atoms with Crippen molar-refractivity contribution in [3.8, 4) is 0 Å². The molecule has 0 spiro atoms. The van der Waals surface area contributed by atoms with Gasteiger partial charge >= 0.3 is 0 Å². The molecule has 3 nitrogen and oxygen atoms in total. The number of furan rings is 1. The van der Waals surface area contributed by atoms with Crippen molar-refractivity contribution in [3.63, 3.8) is 0 Å². The predicted molar refractivity (Wildman–Crippen MR) is 74.6 cm³/mol. The Morgan fingerprint density at radius 1 is 1.21 bits per heavy atom. The van der Waals surface area contributed by atoms with E-state index in [2.05, 4.69) is 24.0 Å². The van der Waals surface area contributed by atoms with Gasteiger partial charge in [0.25, 0.3) is 0 Å². The van der Waals surface area contributed by atoms with Crippen molar-refractivity contribution in [2.75, 3.05) is 0 Å². The van der Waals surface area contributed by atoms with E-state index < -0.39 is 0 Å². The highest BCUT2D eigenvalue weighted by atomic mass is 16.3. The fourth-order valence-corrected chi connectivity index (χ4v) is 2.40. The van der Waals surface area contributed by atoms with E-state index in [1.165, 1.54) is 17.9 Å². The van der Waals surface area contributed by atoms with Crippen LogP contribution in [0.25, 0.3) is 10.9 Å². The largest absolute Gasteiger partial charge is 0.458 e. The highest BCUT2D eigenvalue weighted by molar-refractivity contribution is 5.91. The number of aromatic amines is 1. The molecule has 0 bridgehead atoms. The lowest BCUT2D eigenvalue weighted by Gasteiger charge is -1.98. The molecule has 0 atom stereocenters. The maximum Gasteiger partial charge on any atom is 0.194 e. The fraction of sp³-hybridized carbons (Fsp3) is 0.188. The summed E-state index contributed by atoms with van der Waals surface area (Å²) in [6.45, 7) is 3.57. The first-order valence-corrected chi connectivity index (χ1v) is 6.31. The van der Waals surface area contributed by atoms with E-state index in [9.17, 15) is 4.79 Å². The second-order valence-electron chi connectivity index (χ2n) is 4.77. The van der Waals surface area contributed by atoms with Crippen molar-refractivity contribution in [1.82, 2.24) is 4.98 Å². The molecule has 0 aliphatic heterocycles. The molecule has 0 aliphatic carbocycles. The topological polar surface area (TPSA) is 46.0 Å². The summed E-state index contributed by atoms with van der Waals surface area (Å²) in [5.74, 6) is 1.20. The number of hydrogen-bond acceptors (Lipinski definition) is 2. The molecule has 0 aliphatic rings. The highest BCUT2D eigenvalue weighted by Gasteiger charge is 2.12. The molecule has 3 aromatic rings. The van der Waals surface area contributed by atoms with E-state index in [4.69, 9.17) is 4.42 Å². The maximum absolute atomic E-state index is 11.2. The van der Waals surface area contributed by atoms with Gasteiger partial charge in [-0.2, -0.15) is 0 Å². The summed E-state index contributed by atoms with van der Waals surface area (Å²) in [6, 6.07) is 11.8. The zero-order chi connectivity index (χ0) is 13.4. The molecule has 0 amide bonds. The molecule has 1 N–H and O–H groups in total. The van der Waals surface area contributed by atoms with Crippen LogP contribution in [0.3, 0.4) is 0 Å². The lowest BCUT2D eigenvalue weighted by atomic mass is 10.1. The van der Waals surface area contributed by atoms with E-state index in [1.54, 1.807) is 6.07 Å². The first-order chi connectivity index (χ1) is 9.15. The van der Waals surface area contributed by atoms with Crippen molar-refractivity contribution in [2.45, 2.75) is 20.3 Å². The molecule has 19 heavy (non-hydrogen) atoms. The van der Waals surface area contributed by atoms with Gasteiger partial charge in [0.1, 0.15) is 5.76 Å². The number of hydrogen-bond donors (Lipinski definition) is 1. The number of fused-ring (bicyclic) bond motifs is 1. The van der Waals surface area contributed by atoms with Gasteiger partial charge in [-0.3, -0.25) is 4.79 Å². The maximum atomic E-state index is 11.2. The molecule has 0 fully saturated rings. The molecular formula is C16H15NO2. The molecule has 96 valence electrons. The Bertz CT molecular complexity index is 749. The molecule has 1 aromatic carbocycles. The number of carbonyl (C=O) groups is 1. The average molecular weight is 253 g/mol. The smallest absolute Gasteiger partial charge is 0.194 e. The van der Waals surface area contributed by atoms with Crippen LogP contribution >= 0.6 is 0 Å². The summed E-state index contributed by atoms with van der Waals surface area (Å²) < 4.78 is 5.56. The lowest BCUT2D eigenvalue weighted by molar-refractivity contribution is 0.0985. The van der Waals surface area contributed by atoms with E-state index in [0.717, 1.165) is 17.0 Å². The van der Waals surface area contributed by atoms with Crippen LogP contribution in [0, 0.1) is 6.92 Å². The molecule has 2 aromatic heterocycles. The Morgan fingerprint density at radius 3 is 2.74 bits per heavy atom. The van der Waals surface area contributed by atoms with Crippen LogP contribution in [-0.4, -0.2) is 10.8 Å². The van der Waals surface area contributed by atoms with E-state index in [0.29, 0.717) is 12.2 Å². The van der Waals surface area contributed by atoms with Crippen LogP contribution in [-0.2, 0) is 6.42 Å². The van der Waals surface area contributed by atoms with Gasteiger partial charge in [0, 0.05) is 29.9 Å². The number of nitrogens with one attached hydrogen (secondary N) is 1. The SMILES string of the molecule is CC(=O)c1ccc(Cc2c(C)[nH]c3ccccc23)o1. The van der Waals surface area contributed by atoms with Crippen molar-refractivity contribution in [2.24, 2.45) is 0 Å². The highest BCUT2D eigenvalue weighted by Crippen LogP contribution is 2.25. The molecule has 0 radical (unpaired) electrons. The molecule has 0 saturated heterocycles. The molecule has 2 heterocycles. The Hall–Kier alpha value is -2.29.